The van der Waals surface area contributed by atoms with Gasteiger partial charge in [0.2, 0.25) is 5.78 Å². The van der Waals surface area contributed by atoms with Crippen LogP contribution in [-0.4, -0.2) is 37.4 Å². The van der Waals surface area contributed by atoms with Crippen molar-refractivity contribution in [2.75, 3.05) is 5.73 Å². The molecule has 2 unspecified atom stereocenters. The molecule has 3 aromatic heterocycles. The monoisotopic (exact) mass is 358 g/mol. The first-order chi connectivity index (χ1) is 13.1. The lowest BCUT2D eigenvalue weighted by Crippen LogP contribution is -2.21. The van der Waals surface area contributed by atoms with Crippen LogP contribution in [0.4, 0.5) is 5.82 Å². The quantitative estimate of drug-likeness (QED) is 0.761. The van der Waals surface area contributed by atoms with Crippen molar-refractivity contribution in [3.8, 4) is 11.4 Å². The Labute approximate surface area is 156 Å². The normalized spacial score (nSPS) is 21.0. The van der Waals surface area contributed by atoms with Crippen LogP contribution in [0.2, 0.25) is 0 Å². The lowest BCUT2D eigenvalue weighted by atomic mass is 9.97. The van der Waals surface area contributed by atoms with Gasteiger partial charge < -0.3 is 10.5 Å². The molecule has 0 amide bonds. The molecule has 3 aromatic rings. The minimum Gasteiger partial charge on any atom is -0.471 e. The summed E-state index contributed by atoms with van der Waals surface area (Å²) in [7, 11) is 0. The topological polar surface area (TPSA) is 90.7 Å². The molecular formula is C20H18N6O. The number of hydrogen-bond acceptors (Lipinski definition) is 6. The van der Waals surface area contributed by atoms with Gasteiger partial charge in [0, 0.05) is 24.4 Å². The van der Waals surface area contributed by atoms with Crippen molar-refractivity contribution in [3.05, 3.63) is 60.1 Å². The Kier molecular flexibility index (Phi) is 3.36. The molecule has 2 N–H and O–H groups in total. The number of imidazole rings is 1. The number of aromatic nitrogens is 4. The molecule has 2 aliphatic rings. The zero-order chi connectivity index (χ0) is 18.5. The molecule has 27 heavy (non-hydrogen) atoms. The first-order valence-corrected chi connectivity index (χ1v) is 8.78. The molecule has 1 aliphatic heterocycles. The average molecular weight is 358 g/mol. The third-order valence-corrected chi connectivity index (χ3v) is 4.71. The van der Waals surface area contributed by atoms with Gasteiger partial charge in [-0.3, -0.25) is 9.38 Å². The number of allylic oxidation sites excluding steroid dienone is 2. The van der Waals surface area contributed by atoms with E-state index in [1.165, 1.54) is 0 Å². The van der Waals surface area contributed by atoms with Crippen molar-refractivity contribution in [2.24, 2.45) is 4.99 Å². The Morgan fingerprint density at radius 1 is 1.11 bits per heavy atom. The predicted octanol–water partition coefficient (Wildman–Crippen LogP) is 2.82. The summed E-state index contributed by atoms with van der Waals surface area (Å²) in [6, 6.07) is 7.69. The molecule has 0 bridgehead atoms. The summed E-state index contributed by atoms with van der Waals surface area (Å²) >= 11 is 0. The Balaban J connectivity index is 1.72. The zero-order valence-corrected chi connectivity index (χ0v) is 15.0. The van der Waals surface area contributed by atoms with Crippen LogP contribution in [-0.2, 0) is 4.74 Å². The SMILES string of the molecule is CC1=NC2C=CC(c3c(-c4cccc(C)n4)nc4nc(N)ccn34)=CC2O1. The van der Waals surface area contributed by atoms with Crippen LogP contribution in [0, 0.1) is 6.92 Å². The largest absolute Gasteiger partial charge is 0.471 e. The summed E-state index contributed by atoms with van der Waals surface area (Å²) in [5.74, 6) is 1.68. The smallest absolute Gasteiger partial charge is 0.236 e. The minimum atomic E-state index is -0.101. The molecule has 2 atom stereocenters. The second kappa shape index (κ2) is 5.77. The summed E-state index contributed by atoms with van der Waals surface area (Å²) in [6.07, 6.45) is 8.00. The van der Waals surface area contributed by atoms with Gasteiger partial charge in [0.1, 0.15) is 23.7 Å². The van der Waals surface area contributed by atoms with Gasteiger partial charge in [-0.05, 0) is 31.2 Å². The fourth-order valence-corrected chi connectivity index (χ4v) is 3.53. The second-order valence-corrected chi connectivity index (χ2v) is 6.70. The van der Waals surface area contributed by atoms with Crippen LogP contribution in [0.5, 0.6) is 0 Å². The van der Waals surface area contributed by atoms with E-state index in [4.69, 9.17) is 15.5 Å². The Morgan fingerprint density at radius 3 is 2.85 bits per heavy atom. The Hall–Kier alpha value is -3.48. The molecule has 1 aliphatic carbocycles. The van der Waals surface area contributed by atoms with Crippen LogP contribution in [0.3, 0.4) is 0 Å². The van der Waals surface area contributed by atoms with E-state index < -0.39 is 0 Å². The highest BCUT2D eigenvalue weighted by Gasteiger charge is 2.30. The van der Waals surface area contributed by atoms with Crippen molar-refractivity contribution < 1.29 is 4.74 Å². The highest BCUT2D eigenvalue weighted by molar-refractivity contribution is 5.85. The molecule has 0 saturated carbocycles. The lowest BCUT2D eigenvalue weighted by Gasteiger charge is -2.17. The van der Waals surface area contributed by atoms with E-state index in [0.29, 0.717) is 17.5 Å². The zero-order valence-electron chi connectivity index (χ0n) is 15.0. The van der Waals surface area contributed by atoms with E-state index in [1.54, 1.807) is 6.07 Å². The predicted molar refractivity (Wildman–Crippen MR) is 104 cm³/mol. The van der Waals surface area contributed by atoms with E-state index >= 15 is 0 Å². The van der Waals surface area contributed by atoms with E-state index in [-0.39, 0.29) is 12.1 Å². The number of nitrogens with two attached hydrogens (primary N) is 1. The van der Waals surface area contributed by atoms with Gasteiger partial charge in [-0.2, -0.15) is 4.98 Å². The maximum atomic E-state index is 5.87. The molecule has 7 nitrogen and oxygen atoms in total. The van der Waals surface area contributed by atoms with Crippen molar-refractivity contribution >= 4 is 23.1 Å². The number of aliphatic imine (C=N–C) groups is 1. The van der Waals surface area contributed by atoms with Gasteiger partial charge in [0.25, 0.3) is 0 Å². The van der Waals surface area contributed by atoms with E-state index in [1.807, 2.05) is 42.6 Å². The number of nitrogens with zero attached hydrogens (tertiary/aromatic N) is 5. The first kappa shape index (κ1) is 15.7. The van der Waals surface area contributed by atoms with Crippen LogP contribution < -0.4 is 5.73 Å². The van der Waals surface area contributed by atoms with Gasteiger partial charge in [0.05, 0.1) is 11.4 Å². The molecule has 7 heteroatoms. The highest BCUT2D eigenvalue weighted by atomic mass is 16.5. The molecule has 4 heterocycles. The summed E-state index contributed by atoms with van der Waals surface area (Å²) in [4.78, 5) is 18.2. The number of anilines is 1. The van der Waals surface area contributed by atoms with Gasteiger partial charge >= 0.3 is 0 Å². The summed E-state index contributed by atoms with van der Waals surface area (Å²) < 4.78 is 7.77. The second-order valence-electron chi connectivity index (χ2n) is 6.70. The lowest BCUT2D eigenvalue weighted by molar-refractivity contribution is 0.253. The highest BCUT2D eigenvalue weighted by Crippen LogP contribution is 2.33. The summed E-state index contributed by atoms with van der Waals surface area (Å²) in [6.45, 7) is 3.84. The van der Waals surface area contributed by atoms with Gasteiger partial charge in [0.15, 0.2) is 5.90 Å². The number of hydrogen-bond donors (Lipinski definition) is 1. The standard InChI is InChI=1S/C20H18N6O/c1-11-4-3-5-15(22-11)18-19(26-9-8-17(21)24-20(26)25-18)13-6-7-14-16(10-13)27-12(2)23-14/h3-10,14,16H,1-2H3,(H2,21,24,25). The number of ether oxygens (including phenoxy) is 1. The fraction of sp³-hybridized carbons (Fsp3) is 0.200. The molecule has 0 radical (unpaired) electrons. The van der Waals surface area contributed by atoms with Crippen molar-refractivity contribution in [1.82, 2.24) is 19.4 Å². The maximum Gasteiger partial charge on any atom is 0.236 e. The molecule has 134 valence electrons. The molecule has 0 aromatic carbocycles. The summed E-state index contributed by atoms with van der Waals surface area (Å²) in [5.41, 5.74) is 10.3. The van der Waals surface area contributed by atoms with Crippen LogP contribution in [0.15, 0.2) is 53.7 Å². The fourth-order valence-electron chi connectivity index (χ4n) is 3.53. The molecule has 0 fully saturated rings. The van der Waals surface area contributed by atoms with Gasteiger partial charge in [-0.25, -0.2) is 9.98 Å². The number of nitrogen functional groups attached to an aromatic ring is 1. The number of aryl methyl sites for hydroxylation is 1. The van der Waals surface area contributed by atoms with E-state index in [2.05, 4.69) is 33.2 Å². The molecular weight excluding hydrogens is 340 g/mol. The summed E-state index contributed by atoms with van der Waals surface area (Å²) in [5, 5.41) is 0. The van der Waals surface area contributed by atoms with E-state index in [0.717, 1.165) is 28.3 Å². The van der Waals surface area contributed by atoms with Gasteiger partial charge in [-0.1, -0.05) is 18.2 Å². The maximum absolute atomic E-state index is 5.87. The van der Waals surface area contributed by atoms with Crippen LogP contribution >= 0.6 is 0 Å². The third kappa shape index (κ3) is 2.59. The first-order valence-electron chi connectivity index (χ1n) is 8.78. The van der Waals surface area contributed by atoms with Crippen LogP contribution in [0.1, 0.15) is 18.3 Å². The number of pyridine rings is 1. The minimum absolute atomic E-state index is 0.0299. The average Bonchev–Trinajstić information content (AvgIpc) is 3.20. The molecule has 5 rings (SSSR count). The number of rotatable bonds is 2. The van der Waals surface area contributed by atoms with Crippen molar-refractivity contribution in [1.29, 1.82) is 0 Å². The van der Waals surface area contributed by atoms with Gasteiger partial charge in [-0.15, -0.1) is 0 Å². The third-order valence-electron chi connectivity index (χ3n) is 4.71. The van der Waals surface area contributed by atoms with Crippen LogP contribution in [0.25, 0.3) is 22.7 Å². The Morgan fingerprint density at radius 2 is 2.00 bits per heavy atom. The number of fused-ring (bicyclic) bond motifs is 2. The molecule has 0 saturated heterocycles. The Bertz CT molecular complexity index is 1160. The van der Waals surface area contributed by atoms with Crippen molar-refractivity contribution in [2.45, 2.75) is 26.0 Å². The molecule has 0 spiro atoms. The van der Waals surface area contributed by atoms with E-state index in [9.17, 15) is 0 Å². The van der Waals surface area contributed by atoms with Crippen molar-refractivity contribution in [3.63, 3.8) is 0 Å².